The Balaban J connectivity index is 3.08. The molecule has 1 aromatic carbocycles. The van der Waals surface area contributed by atoms with Crippen molar-refractivity contribution in [3.05, 3.63) is 23.8 Å². The molecule has 0 fully saturated rings. The summed E-state index contributed by atoms with van der Waals surface area (Å²) in [4.78, 5) is -0.0513. The van der Waals surface area contributed by atoms with Crippen LogP contribution in [0.15, 0.2) is 23.1 Å². The van der Waals surface area contributed by atoms with Crippen LogP contribution in [0.2, 0.25) is 0 Å². The number of methoxy groups -OCH3 is 1. The maximum absolute atomic E-state index is 13.0. The summed E-state index contributed by atoms with van der Waals surface area (Å²) in [6.45, 7) is 2.49. The molecule has 1 rings (SSSR count). The molecule has 0 heterocycles. The minimum Gasteiger partial charge on any atom is -0.497 e. The lowest BCUT2D eigenvalue weighted by Gasteiger charge is -2.18. The van der Waals surface area contributed by atoms with Gasteiger partial charge >= 0.3 is 0 Å². The molecule has 0 aliphatic carbocycles. The minimum atomic E-state index is -3.89. The van der Waals surface area contributed by atoms with Gasteiger partial charge in [0.05, 0.1) is 12.0 Å². The smallest absolute Gasteiger partial charge is 0.245 e. The number of halogens is 2. The largest absolute Gasteiger partial charge is 0.497 e. The molecule has 7 heteroatoms. The Bertz CT molecular complexity index is 567. The van der Waals surface area contributed by atoms with Crippen molar-refractivity contribution in [2.24, 2.45) is 11.1 Å². The van der Waals surface area contributed by atoms with Crippen molar-refractivity contribution in [3.8, 4) is 5.75 Å². The molecule has 1 atom stereocenters. The topological polar surface area (TPSA) is 69.4 Å². The van der Waals surface area contributed by atoms with Gasteiger partial charge in [0.2, 0.25) is 15.9 Å². The predicted octanol–water partition coefficient (Wildman–Crippen LogP) is 2.57. The van der Waals surface area contributed by atoms with E-state index in [1.54, 1.807) is 6.92 Å². The molecule has 0 aromatic heterocycles. The number of ether oxygens (including phenoxy) is 1. The molecule has 0 saturated carbocycles. The highest BCUT2D eigenvalue weighted by Crippen LogP contribution is 2.28. The number of rotatable bonds is 6. The zero-order valence-corrected chi connectivity index (χ0v) is 12.5. The van der Waals surface area contributed by atoms with Crippen LogP contribution in [-0.2, 0) is 16.4 Å². The van der Waals surface area contributed by atoms with Crippen LogP contribution >= 0.6 is 0 Å². The molecule has 114 valence electrons. The summed E-state index contributed by atoms with van der Waals surface area (Å²) in [6.07, 6.45) is -0.138. The first-order chi connectivity index (χ1) is 9.03. The van der Waals surface area contributed by atoms with E-state index in [0.717, 1.165) is 6.92 Å². The van der Waals surface area contributed by atoms with Crippen molar-refractivity contribution in [2.45, 2.75) is 37.5 Å². The highest BCUT2D eigenvalue weighted by atomic mass is 32.2. The van der Waals surface area contributed by atoms with E-state index in [1.165, 1.54) is 25.3 Å². The summed E-state index contributed by atoms with van der Waals surface area (Å²) in [5.74, 6) is -2.72. The quantitative estimate of drug-likeness (QED) is 0.878. The van der Waals surface area contributed by atoms with Gasteiger partial charge in [-0.05, 0) is 43.0 Å². The Labute approximate surface area is 118 Å². The lowest BCUT2D eigenvalue weighted by Crippen LogP contribution is -2.19. The fourth-order valence-corrected chi connectivity index (χ4v) is 2.94. The molecule has 0 bridgehead atoms. The normalized spacial score (nSPS) is 14.1. The lowest BCUT2D eigenvalue weighted by atomic mass is 9.95. The van der Waals surface area contributed by atoms with Crippen molar-refractivity contribution in [2.75, 3.05) is 7.11 Å². The van der Waals surface area contributed by atoms with Crippen LogP contribution < -0.4 is 9.88 Å². The summed E-state index contributed by atoms with van der Waals surface area (Å²) < 4.78 is 54.0. The lowest BCUT2D eigenvalue weighted by molar-refractivity contribution is -0.00122. The third-order valence-corrected chi connectivity index (χ3v) is 3.86. The fourth-order valence-electron chi connectivity index (χ4n) is 2.18. The Morgan fingerprint density at radius 3 is 2.45 bits per heavy atom. The van der Waals surface area contributed by atoms with Gasteiger partial charge in [-0.2, -0.15) is 0 Å². The zero-order valence-electron chi connectivity index (χ0n) is 11.7. The van der Waals surface area contributed by atoms with E-state index < -0.39 is 15.9 Å². The summed E-state index contributed by atoms with van der Waals surface area (Å²) in [6, 6.07) is 4.33. The van der Waals surface area contributed by atoms with E-state index in [2.05, 4.69) is 0 Å². The molecule has 0 spiro atoms. The Kier molecular flexibility index (Phi) is 5.10. The number of alkyl halides is 2. The number of nitrogens with two attached hydrogens (primary N) is 1. The summed E-state index contributed by atoms with van der Waals surface area (Å²) in [5.41, 5.74) is 0.392. The molecule has 20 heavy (non-hydrogen) atoms. The number of hydrogen-bond acceptors (Lipinski definition) is 3. The molecule has 1 aromatic rings. The molecular formula is C13H19F2NO3S. The molecule has 1 unspecified atom stereocenters. The first-order valence-corrected chi connectivity index (χ1v) is 7.65. The third kappa shape index (κ3) is 5.05. The average molecular weight is 307 g/mol. The number of benzene rings is 1. The van der Waals surface area contributed by atoms with E-state index in [-0.39, 0.29) is 23.7 Å². The Hall–Kier alpha value is -1.21. The highest BCUT2D eigenvalue weighted by molar-refractivity contribution is 7.89. The van der Waals surface area contributed by atoms with Gasteiger partial charge in [0.15, 0.2) is 0 Å². The summed E-state index contributed by atoms with van der Waals surface area (Å²) in [7, 11) is -2.45. The first kappa shape index (κ1) is 16.8. The molecular weight excluding hydrogens is 288 g/mol. The van der Waals surface area contributed by atoms with Crippen LogP contribution in [0.4, 0.5) is 8.78 Å². The van der Waals surface area contributed by atoms with Crippen molar-refractivity contribution in [1.82, 2.24) is 0 Å². The second-order valence-corrected chi connectivity index (χ2v) is 6.63. The maximum Gasteiger partial charge on any atom is 0.245 e. The average Bonchev–Trinajstić information content (AvgIpc) is 2.24. The van der Waals surface area contributed by atoms with Crippen molar-refractivity contribution >= 4 is 10.0 Å². The van der Waals surface area contributed by atoms with E-state index >= 15 is 0 Å². The van der Waals surface area contributed by atoms with Crippen LogP contribution in [0.3, 0.4) is 0 Å². The van der Waals surface area contributed by atoms with Gasteiger partial charge in [0, 0.05) is 6.42 Å². The Morgan fingerprint density at radius 2 is 2.00 bits per heavy atom. The second kappa shape index (κ2) is 6.05. The van der Waals surface area contributed by atoms with Crippen molar-refractivity contribution < 1.29 is 21.9 Å². The van der Waals surface area contributed by atoms with Crippen LogP contribution in [0.25, 0.3) is 0 Å². The SMILES string of the molecule is COc1ccc(S(N)(=O)=O)c(CC(C)CC(C)(F)F)c1. The van der Waals surface area contributed by atoms with Gasteiger partial charge in [0.1, 0.15) is 5.75 Å². The molecule has 0 saturated heterocycles. The highest BCUT2D eigenvalue weighted by Gasteiger charge is 2.26. The molecule has 0 aliphatic heterocycles. The van der Waals surface area contributed by atoms with Gasteiger partial charge in [-0.25, -0.2) is 22.3 Å². The number of sulfonamides is 1. The van der Waals surface area contributed by atoms with Crippen molar-refractivity contribution in [1.29, 1.82) is 0 Å². The van der Waals surface area contributed by atoms with Crippen LogP contribution in [0.1, 0.15) is 25.8 Å². The van der Waals surface area contributed by atoms with Gasteiger partial charge in [-0.1, -0.05) is 6.92 Å². The summed E-state index contributed by atoms with van der Waals surface area (Å²) in [5, 5.41) is 5.14. The Morgan fingerprint density at radius 1 is 1.40 bits per heavy atom. The van der Waals surface area contributed by atoms with Gasteiger partial charge in [-0.3, -0.25) is 0 Å². The molecule has 0 radical (unpaired) electrons. The number of hydrogen-bond donors (Lipinski definition) is 1. The molecule has 2 N–H and O–H groups in total. The number of primary sulfonamides is 1. The standard InChI is InChI=1S/C13H19F2NO3S/c1-9(8-13(2,14)15)6-10-7-11(19-3)4-5-12(10)20(16,17)18/h4-5,7,9H,6,8H2,1-3H3,(H2,16,17,18). The maximum atomic E-state index is 13.0. The predicted molar refractivity (Wildman–Crippen MR) is 72.5 cm³/mol. The second-order valence-electron chi connectivity index (χ2n) is 5.10. The molecule has 4 nitrogen and oxygen atoms in total. The van der Waals surface area contributed by atoms with Gasteiger partial charge in [0.25, 0.3) is 0 Å². The minimum absolute atomic E-state index is 0.0513. The van der Waals surface area contributed by atoms with Gasteiger partial charge < -0.3 is 4.74 Å². The monoisotopic (exact) mass is 307 g/mol. The molecule has 0 aliphatic rings. The van der Waals surface area contributed by atoms with E-state index in [1.807, 2.05) is 0 Å². The van der Waals surface area contributed by atoms with E-state index in [4.69, 9.17) is 9.88 Å². The van der Waals surface area contributed by atoms with Crippen molar-refractivity contribution in [3.63, 3.8) is 0 Å². The first-order valence-electron chi connectivity index (χ1n) is 6.10. The van der Waals surface area contributed by atoms with Crippen LogP contribution in [-0.4, -0.2) is 21.5 Å². The zero-order chi connectivity index (χ0) is 15.6. The van der Waals surface area contributed by atoms with E-state index in [9.17, 15) is 17.2 Å². The third-order valence-electron chi connectivity index (χ3n) is 2.85. The van der Waals surface area contributed by atoms with Crippen LogP contribution in [0, 0.1) is 5.92 Å². The van der Waals surface area contributed by atoms with E-state index in [0.29, 0.717) is 11.3 Å². The fraction of sp³-hybridized carbons (Fsp3) is 0.538. The van der Waals surface area contributed by atoms with Crippen LogP contribution in [0.5, 0.6) is 5.75 Å². The summed E-state index contributed by atoms with van der Waals surface area (Å²) >= 11 is 0. The van der Waals surface area contributed by atoms with Gasteiger partial charge in [-0.15, -0.1) is 0 Å². The molecule has 0 amide bonds.